The third kappa shape index (κ3) is 4.25. The van der Waals surface area contributed by atoms with Crippen LogP contribution in [0.5, 0.6) is 0 Å². The van der Waals surface area contributed by atoms with Crippen LogP contribution in [0.15, 0.2) is 93.2 Å². The van der Waals surface area contributed by atoms with Crippen LogP contribution in [0.3, 0.4) is 0 Å². The van der Waals surface area contributed by atoms with E-state index in [2.05, 4.69) is 10.3 Å². The van der Waals surface area contributed by atoms with Gasteiger partial charge in [0.2, 0.25) is 26.6 Å². The average Bonchev–Trinajstić information content (AvgIpc) is 3.19. The second kappa shape index (κ2) is 8.40. The van der Waals surface area contributed by atoms with Crippen LogP contribution in [0.4, 0.5) is 5.88 Å². The van der Waals surface area contributed by atoms with Gasteiger partial charge in [0, 0.05) is 5.56 Å². The minimum absolute atomic E-state index is 0.114. The molecule has 0 spiro atoms. The molecule has 0 bridgehead atoms. The van der Waals surface area contributed by atoms with Gasteiger partial charge in [0.15, 0.2) is 0 Å². The Morgan fingerprint density at radius 1 is 0.871 bits per heavy atom. The van der Waals surface area contributed by atoms with Crippen molar-refractivity contribution >= 4 is 15.7 Å². The number of rotatable bonds is 6. The van der Waals surface area contributed by atoms with Crippen molar-refractivity contribution in [1.29, 1.82) is 0 Å². The van der Waals surface area contributed by atoms with E-state index in [-0.39, 0.29) is 27.7 Å². The van der Waals surface area contributed by atoms with Crippen molar-refractivity contribution < 1.29 is 12.8 Å². The van der Waals surface area contributed by atoms with E-state index in [1.807, 2.05) is 75.4 Å². The standard InChI is InChI=1S/C25H24N2O3S/c1-17-13-15-21(16-14-17)31(28,29)25-24(26-19(3)20-10-5-4-6-11-20)30-23(27-25)22-12-8-7-9-18(22)2/h4-16,19,26H,1-3H3. The van der Waals surface area contributed by atoms with Crippen molar-refractivity contribution in [2.45, 2.75) is 36.7 Å². The van der Waals surface area contributed by atoms with Crippen molar-refractivity contribution in [2.24, 2.45) is 0 Å². The Hall–Kier alpha value is -3.38. The molecule has 0 aliphatic carbocycles. The Labute approximate surface area is 182 Å². The molecule has 0 aliphatic rings. The van der Waals surface area contributed by atoms with Gasteiger partial charge in [-0.1, -0.05) is 66.2 Å². The number of oxazole rings is 1. The summed E-state index contributed by atoms with van der Waals surface area (Å²) in [6.07, 6.45) is 0. The van der Waals surface area contributed by atoms with Gasteiger partial charge in [-0.3, -0.25) is 0 Å². The Bertz CT molecular complexity index is 1290. The van der Waals surface area contributed by atoms with Crippen molar-refractivity contribution in [1.82, 2.24) is 4.98 Å². The van der Waals surface area contributed by atoms with Crippen LogP contribution in [-0.2, 0) is 9.84 Å². The predicted molar refractivity (Wildman–Crippen MR) is 122 cm³/mol. The van der Waals surface area contributed by atoms with Gasteiger partial charge in [-0.2, -0.15) is 4.98 Å². The average molecular weight is 433 g/mol. The van der Waals surface area contributed by atoms with E-state index in [4.69, 9.17) is 4.42 Å². The molecule has 0 saturated heterocycles. The lowest BCUT2D eigenvalue weighted by atomic mass is 10.1. The second-order valence-corrected chi connectivity index (χ2v) is 9.43. The minimum atomic E-state index is -3.88. The van der Waals surface area contributed by atoms with Crippen molar-refractivity contribution in [2.75, 3.05) is 5.32 Å². The van der Waals surface area contributed by atoms with Crippen LogP contribution in [0.2, 0.25) is 0 Å². The third-order valence-corrected chi connectivity index (χ3v) is 6.88. The number of nitrogens with one attached hydrogen (secondary N) is 1. The summed E-state index contributed by atoms with van der Waals surface area (Å²) in [5, 5.41) is 3.10. The lowest BCUT2D eigenvalue weighted by Gasteiger charge is -2.14. The van der Waals surface area contributed by atoms with E-state index in [1.165, 1.54) is 0 Å². The molecule has 0 amide bonds. The minimum Gasteiger partial charge on any atom is -0.419 e. The van der Waals surface area contributed by atoms with Gasteiger partial charge in [-0.05, 0) is 50.1 Å². The molecule has 4 aromatic rings. The largest absolute Gasteiger partial charge is 0.419 e. The van der Waals surface area contributed by atoms with Crippen molar-refractivity contribution in [3.05, 3.63) is 95.6 Å². The molecular weight excluding hydrogens is 408 g/mol. The molecule has 0 saturated carbocycles. The lowest BCUT2D eigenvalue weighted by molar-refractivity contribution is 0.570. The number of anilines is 1. The van der Waals surface area contributed by atoms with E-state index < -0.39 is 9.84 Å². The van der Waals surface area contributed by atoms with Crippen LogP contribution in [0.1, 0.15) is 29.7 Å². The van der Waals surface area contributed by atoms with Gasteiger partial charge < -0.3 is 9.73 Å². The Balaban J connectivity index is 1.82. The molecule has 6 heteroatoms. The number of hydrogen-bond acceptors (Lipinski definition) is 5. The first kappa shape index (κ1) is 20.9. The highest BCUT2D eigenvalue weighted by Crippen LogP contribution is 2.35. The molecule has 4 rings (SSSR count). The maximum atomic E-state index is 13.5. The summed E-state index contributed by atoms with van der Waals surface area (Å²) in [4.78, 5) is 4.62. The van der Waals surface area contributed by atoms with E-state index in [0.29, 0.717) is 0 Å². The van der Waals surface area contributed by atoms with Crippen LogP contribution < -0.4 is 5.32 Å². The van der Waals surface area contributed by atoms with Gasteiger partial charge in [0.1, 0.15) is 0 Å². The van der Waals surface area contributed by atoms with Crippen LogP contribution >= 0.6 is 0 Å². The normalized spacial score (nSPS) is 12.5. The maximum absolute atomic E-state index is 13.5. The van der Waals surface area contributed by atoms with Crippen molar-refractivity contribution in [3.8, 4) is 11.5 Å². The van der Waals surface area contributed by atoms with Gasteiger partial charge in [-0.25, -0.2) is 8.42 Å². The highest BCUT2D eigenvalue weighted by molar-refractivity contribution is 7.91. The topological polar surface area (TPSA) is 72.2 Å². The summed E-state index contributed by atoms with van der Waals surface area (Å²) in [5.74, 6) is 0.404. The molecule has 1 atom stereocenters. The zero-order chi connectivity index (χ0) is 22.0. The molecule has 0 fully saturated rings. The maximum Gasteiger partial charge on any atom is 0.234 e. The smallest absolute Gasteiger partial charge is 0.234 e. The summed E-state index contributed by atoms with van der Waals surface area (Å²) in [7, 11) is -3.88. The van der Waals surface area contributed by atoms with Gasteiger partial charge in [-0.15, -0.1) is 0 Å². The fourth-order valence-corrected chi connectivity index (χ4v) is 4.62. The second-order valence-electron chi connectivity index (χ2n) is 7.56. The Morgan fingerprint density at radius 2 is 1.52 bits per heavy atom. The van der Waals surface area contributed by atoms with Gasteiger partial charge >= 0.3 is 0 Å². The fraction of sp³-hybridized carbons (Fsp3) is 0.160. The molecule has 1 aromatic heterocycles. The van der Waals surface area contributed by atoms with Crippen molar-refractivity contribution in [3.63, 3.8) is 0 Å². The van der Waals surface area contributed by atoms with E-state index in [9.17, 15) is 8.42 Å². The van der Waals surface area contributed by atoms with Crippen LogP contribution in [0, 0.1) is 13.8 Å². The van der Waals surface area contributed by atoms with E-state index in [0.717, 1.165) is 22.3 Å². The molecule has 1 unspecified atom stereocenters. The first-order chi connectivity index (χ1) is 14.9. The number of aromatic nitrogens is 1. The highest BCUT2D eigenvalue weighted by atomic mass is 32.2. The number of benzene rings is 3. The molecule has 5 nitrogen and oxygen atoms in total. The quantitative estimate of drug-likeness (QED) is 0.407. The van der Waals surface area contributed by atoms with E-state index in [1.54, 1.807) is 24.3 Å². The summed E-state index contributed by atoms with van der Waals surface area (Å²) in [5.41, 5.74) is 3.69. The summed E-state index contributed by atoms with van der Waals surface area (Å²) in [6.45, 7) is 5.80. The Morgan fingerprint density at radius 3 is 2.19 bits per heavy atom. The lowest BCUT2D eigenvalue weighted by Crippen LogP contribution is -2.10. The fourth-order valence-electron chi connectivity index (χ4n) is 3.36. The summed E-state index contributed by atoms with van der Waals surface area (Å²) < 4.78 is 32.9. The molecular formula is C25H24N2O3S. The molecule has 31 heavy (non-hydrogen) atoms. The third-order valence-electron chi connectivity index (χ3n) is 5.20. The molecule has 1 heterocycles. The first-order valence-corrected chi connectivity index (χ1v) is 11.5. The SMILES string of the molecule is Cc1ccc(S(=O)(=O)c2nc(-c3ccccc3C)oc2NC(C)c2ccccc2)cc1. The molecule has 0 radical (unpaired) electrons. The van der Waals surface area contributed by atoms with Gasteiger partial charge in [0.25, 0.3) is 0 Å². The van der Waals surface area contributed by atoms with Crippen LogP contribution in [-0.4, -0.2) is 13.4 Å². The molecule has 158 valence electrons. The first-order valence-electron chi connectivity index (χ1n) is 10.1. The summed E-state index contributed by atoms with van der Waals surface area (Å²) >= 11 is 0. The number of hydrogen-bond donors (Lipinski definition) is 1. The summed E-state index contributed by atoms with van der Waals surface area (Å²) in [6, 6.07) is 23.9. The number of aryl methyl sites for hydroxylation is 2. The number of nitrogens with zero attached hydrogens (tertiary/aromatic N) is 1. The zero-order valence-corrected chi connectivity index (χ0v) is 18.5. The predicted octanol–water partition coefficient (Wildman–Crippen LogP) is 5.96. The monoisotopic (exact) mass is 432 g/mol. The number of sulfone groups is 1. The van der Waals surface area contributed by atoms with Gasteiger partial charge in [0.05, 0.1) is 10.9 Å². The molecule has 3 aromatic carbocycles. The molecule has 0 aliphatic heterocycles. The van der Waals surface area contributed by atoms with Crippen LogP contribution in [0.25, 0.3) is 11.5 Å². The van der Waals surface area contributed by atoms with E-state index >= 15 is 0 Å². The highest BCUT2D eigenvalue weighted by Gasteiger charge is 2.29. The molecule has 1 N–H and O–H groups in total. The Kier molecular flexibility index (Phi) is 5.65. The zero-order valence-electron chi connectivity index (χ0n) is 17.7.